The van der Waals surface area contributed by atoms with Crippen molar-refractivity contribution < 1.29 is 13.2 Å². The number of hydrogen-bond acceptors (Lipinski definition) is 7. The summed E-state index contributed by atoms with van der Waals surface area (Å²) >= 11 is 0.908. The predicted octanol–water partition coefficient (Wildman–Crippen LogP) is 2.12. The summed E-state index contributed by atoms with van der Waals surface area (Å²) in [5.74, 6) is 0.112. The smallest absolute Gasteiger partial charge is 0.249 e. The van der Waals surface area contributed by atoms with Crippen LogP contribution in [-0.2, 0) is 27.7 Å². The maximum atomic E-state index is 13.1. The van der Waals surface area contributed by atoms with E-state index in [9.17, 15) is 13.2 Å². The first-order chi connectivity index (χ1) is 14.1. The third-order valence-electron chi connectivity index (χ3n) is 5.17. The van der Waals surface area contributed by atoms with Crippen molar-refractivity contribution in [1.82, 2.24) is 9.97 Å². The number of hydrogen-bond donors (Lipinski definition) is 2. The quantitative estimate of drug-likeness (QED) is 0.635. The zero-order valence-electron chi connectivity index (χ0n) is 16.5. The second-order valence-electron chi connectivity index (χ2n) is 7.35. The van der Waals surface area contributed by atoms with Gasteiger partial charge >= 0.3 is 0 Å². The first-order valence-corrected chi connectivity index (χ1v) is 11.6. The lowest BCUT2D eigenvalue weighted by Gasteiger charge is -2.18. The van der Waals surface area contributed by atoms with E-state index in [1.807, 2.05) is 24.3 Å². The molecule has 2 heterocycles. The van der Waals surface area contributed by atoms with Crippen LogP contribution in [0.25, 0.3) is 11.3 Å². The zero-order valence-corrected chi connectivity index (χ0v) is 18.1. The Morgan fingerprint density at radius 2 is 1.90 bits per heavy atom. The van der Waals surface area contributed by atoms with Crippen LogP contribution in [0.5, 0.6) is 0 Å². The molecular weight excluding hydrogens is 422 g/mol. The van der Waals surface area contributed by atoms with Crippen molar-refractivity contribution in [3.63, 3.8) is 0 Å². The van der Waals surface area contributed by atoms with Crippen LogP contribution in [-0.4, -0.2) is 31.3 Å². The van der Waals surface area contributed by atoms with Gasteiger partial charge in [0, 0.05) is 18.5 Å². The summed E-state index contributed by atoms with van der Waals surface area (Å²) in [6.45, 7) is 1.56. The van der Waals surface area contributed by atoms with Gasteiger partial charge in [0.1, 0.15) is 5.82 Å². The van der Waals surface area contributed by atoms with Gasteiger partial charge in [-0.05, 0) is 49.1 Å². The molecule has 0 fully saturated rings. The molecule has 1 aliphatic carbocycles. The van der Waals surface area contributed by atoms with Gasteiger partial charge in [0.15, 0.2) is 9.34 Å². The van der Waals surface area contributed by atoms with Crippen molar-refractivity contribution in [2.75, 3.05) is 17.7 Å². The van der Waals surface area contributed by atoms with Gasteiger partial charge in [-0.15, -0.1) is 0 Å². The second kappa shape index (κ2) is 7.46. The van der Waals surface area contributed by atoms with Gasteiger partial charge < -0.3 is 5.73 Å². The highest BCUT2D eigenvalue weighted by atomic mass is 32.2. The SMILES string of the molecule is Cc1nc(N(C)C(=O)C2Cc3ccc(-c4cccc(N)n4)cc3C2)sc1S(N)(=O)=O. The number of benzene rings is 1. The Kier molecular flexibility index (Phi) is 5.08. The number of aromatic nitrogens is 2. The molecular formula is C20H21N5O3S2. The van der Waals surface area contributed by atoms with Gasteiger partial charge in [0.25, 0.3) is 0 Å². The summed E-state index contributed by atoms with van der Waals surface area (Å²) in [6, 6.07) is 11.6. The van der Waals surface area contributed by atoms with E-state index >= 15 is 0 Å². The molecule has 1 unspecified atom stereocenters. The topological polar surface area (TPSA) is 132 Å². The van der Waals surface area contributed by atoms with Crippen LogP contribution >= 0.6 is 11.3 Å². The number of fused-ring (bicyclic) bond motifs is 1. The standard InChI is InChI=1S/C20H21N5O3S2/c1-11-19(30(22,27)28)29-20(23-11)25(2)18(26)15-8-12-6-7-13(9-14(12)10-15)16-4-3-5-17(21)24-16/h3-7,9,15H,8,10H2,1-2H3,(H2,21,24)(H2,22,27,28). The monoisotopic (exact) mass is 443 g/mol. The number of nitrogen functional groups attached to an aromatic ring is 1. The third kappa shape index (κ3) is 3.81. The minimum absolute atomic E-state index is 0.0221. The number of carbonyl (C=O) groups excluding carboxylic acids is 1. The molecule has 1 aliphatic rings. The lowest BCUT2D eigenvalue weighted by molar-refractivity contribution is -0.121. The summed E-state index contributed by atoms with van der Waals surface area (Å²) < 4.78 is 23.3. The van der Waals surface area contributed by atoms with E-state index < -0.39 is 10.0 Å². The average molecular weight is 444 g/mol. The zero-order chi connectivity index (χ0) is 21.6. The molecule has 8 nitrogen and oxygen atoms in total. The van der Waals surface area contributed by atoms with Crippen LogP contribution in [0.2, 0.25) is 0 Å². The second-order valence-corrected chi connectivity index (χ2v) is 10.1. The van der Waals surface area contributed by atoms with Gasteiger partial charge in [-0.25, -0.2) is 23.5 Å². The fourth-order valence-electron chi connectivity index (χ4n) is 3.71. The first-order valence-electron chi connectivity index (χ1n) is 9.26. The summed E-state index contributed by atoms with van der Waals surface area (Å²) in [6.07, 6.45) is 1.22. The molecule has 4 N–H and O–H groups in total. The molecule has 0 spiro atoms. The number of sulfonamides is 1. The van der Waals surface area contributed by atoms with E-state index in [-0.39, 0.29) is 16.0 Å². The molecule has 156 valence electrons. The number of anilines is 2. The predicted molar refractivity (Wildman–Crippen MR) is 117 cm³/mol. The molecule has 0 bridgehead atoms. The van der Waals surface area contributed by atoms with E-state index in [0.717, 1.165) is 33.7 Å². The van der Waals surface area contributed by atoms with Gasteiger partial charge in [0.2, 0.25) is 15.9 Å². The highest BCUT2D eigenvalue weighted by Gasteiger charge is 2.32. The van der Waals surface area contributed by atoms with Crippen LogP contribution in [0, 0.1) is 12.8 Å². The largest absolute Gasteiger partial charge is 0.384 e. The number of nitrogens with zero attached hydrogens (tertiary/aromatic N) is 3. The number of thiazole rings is 1. The summed E-state index contributed by atoms with van der Waals surface area (Å²) in [4.78, 5) is 23.1. The number of rotatable bonds is 4. The molecule has 0 radical (unpaired) electrons. The molecule has 1 amide bonds. The molecule has 2 aromatic heterocycles. The minimum Gasteiger partial charge on any atom is -0.384 e. The number of carbonyl (C=O) groups is 1. The Morgan fingerprint density at radius 3 is 2.57 bits per heavy atom. The van der Waals surface area contributed by atoms with E-state index in [0.29, 0.717) is 29.5 Å². The first kappa shape index (κ1) is 20.5. The van der Waals surface area contributed by atoms with Gasteiger partial charge in [-0.1, -0.05) is 29.5 Å². The minimum atomic E-state index is -3.87. The van der Waals surface area contributed by atoms with Gasteiger partial charge in [0.05, 0.1) is 11.4 Å². The normalized spacial score (nSPS) is 15.8. The Morgan fingerprint density at radius 1 is 1.17 bits per heavy atom. The van der Waals surface area contributed by atoms with Crippen molar-refractivity contribution in [2.24, 2.45) is 11.1 Å². The number of aryl methyl sites for hydroxylation is 1. The number of amides is 1. The van der Waals surface area contributed by atoms with Crippen LogP contribution in [0.4, 0.5) is 10.9 Å². The van der Waals surface area contributed by atoms with Crippen molar-refractivity contribution in [3.05, 3.63) is 53.2 Å². The highest BCUT2D eigenvalue weighted by molar-refractivity contribution is 7.91. The molecule has 3 aromatic rings. The summed E-state index contributed by atoms with van der Waals surface area (Å²) in [5, 5.41) is 5.55. The fourth-order valence-corrected chi connectivity index (χ4v) is 5.62. The number of primary sulfonamides is 1. The number of pyridine rings is 1. The van der Waals surface area contributed by atoms with Crippen molar-refractivity contribution in [3.8, 4) is 11.3 Å². The third-order valence-corrected chi connectivity index (χ3v) is 7.96. The lowest BCUT2D eigenvalue weighted by Crippen LogP contribution is -2.33. The van der Waals surface area contributed by atoms with Crippen molar-refractivity contribution >= 4 is 38.2 Å². The van der Waals surface area contributed by atoms with Crippen molar-refractivity contribution in [1.29, 1.82) is 0 Å². The Hall–Kier alpha value is -2.82. The van der Waals surface area contributed by atoms with Crippen LogP contribution < -0.4 is 15.8 Å². The molecule has 0 aliphatic heterocycles. The molecule has 0 saturated heterocycles. The summed E-state index contributed by atoms with van der Waals surface area (Å²) in [7, 11) is -2.26. The maximum Gasteiger partial charge on any atom is 0.249 e. The molecule has 10 heteroatoms. The van der Waals surface area contributed by atoms with Crippen LogP contribution in [0.15, 0.2) is 40.6 Å². The lowest BCUT2D eigenvalue weighted by atomic mass is 10.0. The molecule has 1 atom stereocenters. The van der Waals surface area contributed by atoms with Gasteiger partial charge in [-0.2, -0.15) is 0 Å². The van der Waals surface area contributed by atoms with E-state index in [2.05, 4.69) is 16.0 Å². The van der Waals surface area contributed by atoms with E-state index in [4.69, 9.17) is 10.9 Å². The Bertz CT molecular complexity index is 1250. The molecule has 4 rings (SSSR count). The van der Waals surface area contributed by atoms with Crippen LogP contribution in [0.1, 0.15) is 16.8 Å². The number of nitrogens with two attached hydrogens (primary N) is 2. The van der Waals surface area contributed by atoms with Crippen LogP contribution in [0.3, 0.4) is 0 Å². The fraction of sp³-hybridized carbons (Fsp3) is 0.250. The van der Waals surface area contributed by atoms with E-state index in [1.54, 1.807) is 20.0 Å². The molecule has 0 saturated carbocycles. The average Bonchev–Trinajstić information content (AvgIpc) is 3.29. The van der Waals surface area contributed by atoms with Crippen molar-refractivity contribution in [2.45, 2.75) is 24.0 Å². The Labute approximate surface area is 178 Å². The highest BCUT2D eigenvalue weighted by Crippen LogP contribution is 2.34. The van der Waals surface area contributed by atoms with Gasteiger partial charge in [-0.3, -0.25) is 9.69 Å². The Balaban J connectivity index is 1.55. The van der Waals surface area contributed by atoms with E-state index in [1.165, 1.54) is 4.90 Å². The maximum absolute atomic E-state index is 13.1. The molecule has 1 aromatic carbocycles. The molecule has 30 heavy (non-hydrogen) atoms. The summed E-state index contributed by atoms with van der Waals surface area (Å²) in [5.41, 5.74) is 10.0.